The second kappa shape index (κ2) is 11.5. The van der Waals surface area contributed by atoms with E-state index in [4.69, 9.17) is 35.3 Å². The first-order valence-electron chi connectivity index (χ1n) is 11.2. The first-order chi connectivity index (χ1) is 17.7. The molecule has 1 aliphatic rings. The Balaban J connectivity index is 1.39. The number of carbonyl (C=O) groups is 3. The third-order valence-corrected chi connectivity index (χ3v) is 7.01. The molecule has 0 saturated heterocycles. The SMILES string of the molecule is COC(=O)c1c(NC(=O)COC(=O)COc2ccc(Cl)c(C)c2)sc(C)c1Cc1ccc2c(c1)OCO2. The van der Waals surface area contributed by atoms with Crippen molar-refractivity contribution >= 4 is 45.8 Å². The van der Waals surface area contributed by atoms with E-state index in [9.17, 15) is 14.4 Å². The highest BCUT2D eigenvalue weighted by Crippen LogP contribution is 2.37. The van der Waals surface area contributed by atoms with Crippen LogP contribution >= 0.6 is 22.9 Å². The fourth-order valence-corrected chi connectivity index (χ4v) is 4.85. The van der Waals surface area contributed by atoms with Gasteiger partial charge < -0.3 is 29.0 Å². The van der Waals surface area contributed by atoms with Gasteiger partial charge in [-0.15, -0.1) is 11.3 Å². The monoisotopic (exact) mass is 545 g/mol. The molecule has 4 rings (SSSR count). The van der Waals surface area contributed by atoms with Gasteiger partial charge in [-0.1, -0.05) is 17.7 Å². The van der Waals surface area contributed by atoms with E-state index in [0.717, 1.165) is 21.6 Å². The van der Waals surface area contributed by atoms with Gasteiger partial charge in [-0.3, -0.25) is 4.79 Å². The normalized spacial score (nSPS) is 11.7. The summed E-state index contributed by atoms with van der Waals surface area (Å²) in [6.07, 6.45) is 0.412. The van der Waals surface area contributed by atoms with Crippen LogP contribution in [-0.4, -0.2) is 45.0 Å². The van der Waals surface area contributed by atoms with Gasteiger partial charge in [0.05, 0.1) is 12.7 Å². The first kappa shape index (κ1) is 26.3. The highest BCUT2D eigenvalue weighted by atomic mass is 35.5. The van der Waals surface area contributed by atoms with E-state index >= 15 is 0 Å². The number of esters is 2. The number of benzene rings is 2. The number of hydrogen-bond donors (Lipinski definition) is 1. The largest absolute Gasteiger partial charge is 0.482 e. The molecule has 0 unspecified atom stereocenters. The number of methoxy groups -OCH3 is 1. The molecule has 194 valence electrons. The molecule has 11 heteroatoms. The number of rotatable bonds is 9. The lowest BCUT2D eigenvalue weighted by Crippen LogP contribution is -2.24. The maximum atomic E-state index is 12.6. The van der Waals surface area contributed by atoms with Gasteiger partial charge in [0.1, 0.15) is 10.8 Å². The molecule has 1 aliphatic heterocycles. The molecule has 1 N–H and O–H groups in total. The molecule has 1 amide bonds. The summed E-state index contributed by atoms with van der Waals surface area (Å²) < 4.78 is 26.2. The molecule has 0 spiro atoms. The number of amides is 1. The Morgan fingerprint density at radius 2 is 1.84 bits per heavy atom. The van der Waals surface area contributed by atoms with Gasteiger partial charge in [-0.25, -0.2) is 9.59 Å². The number of thiophene rings is 1. The van der Waals surface area contributed by atoms with E-state index in [1.54, 1.807) is 18.2 Å². The Morgan fingerprint density at radius 1 is 1.05 bits per heavy atom. The van der Waals surface area contributed by atoms with Crippen LogP contribution in [0.25, 0.3) is 0 Å². The highest BCUT2D eigenvalue weighted by molar-refractivity contribution is 7.16. The second-order valence-corrected chi connectivity index (χ2v) is 9.74. The summed E-state index contributed by atoms with van der Waals surface area (Å²) in [6.45, 7) is 2.91. The Labute approximate surface area is 222 Å². The van der Waals surface area contributed by atoms with E-state index in [1.807, 2.05) is 32.0 Å². The van der Waals surface area contributed by atoms with Crippen molar-refractivity contribution in [3.05, 3.63) is 68.6 Å². The number of ether oxygens (including phenoxy) is 5. The van der Waals surface area contributed by atoms with Gasteiger partial charge in [0, 0.05) is 9.90 Å². The minimum Gasteiger partial charge on any atom is -0.482 e. The van der Waals surface area contributed by atoms with Crippen molar-refractivity contribution in [1.82, 2.24) is 0 Å². The van der Waals surface area contributed by atoms with Gasteiger partial charge in [0.25, 0.3) is 5.91 Å². The molecule has 2 heterocycles. The number of aryl methyl sites for hydroxylation is 2. The van der Waals surface area contributed by atoms with Crippen LogP contribution < -0.4 is 19.5 Å². The van der Waals surface area contributed by atoms with Crippen LogP contribution in [0.3, 0.4) is 0 Å². The van der Waals surface area contributed by atoms with Crippen LogP contribution in [0.1, 0.15) is 31.9 Å². The molecular weight excluding hydrogens is 522 g/mol. The summed E-state index contributed by atoms with van der Waals surface area (Å²) in [6, 6.07) is 10.5. The van der Waals surface area contributed by atoms with E-state index in [-0.39, 0.29) is 19.0 Å². The molecule has 0 fully saturated rings. The average Bonchev–Trinajstić information content (AvgIpc) is 3.46. The summed E-state index contributed by atoms with van der Waals surface area (Å²) in [5.74, 6) is -0.154. The molecule has 1 aromatic heterocycles. The molecule has 3 aromatic rings. The number of hydrogen-bond acceptors (Lipinski definition) is 9. The Kier molecular flexibility index (Phi) is 8.20. The minimum absolute atomic E-state index is 0.164. The van der Waals surface area contributed by atoms with Crippen LogP contribution in [0.4, 0.5) is 5.00 Å². The molecule has 9 nitrogen and oxygen atoms in total. The predicted molar refractivity (Wildman–Crippen MR) is 137 cm³/mol. The fraction of sp³-hybridized carbons (Fsp3) is 0.269. The molecule has 0 atom stereocenters. The number of halogens is 1. The maximum absolute atomic E-state index is 12.6. The van der Waals surface area contributed by atoms with Crippen molar-refractivity contribution in [3.8, 4) is 17.2 Å². The average molecular weight is 546 g/mol. The molecule has 0 radical (unpaired) electrons. The smallest absolute Gasteiger partial charge is 0.344 e. The lowest BCUT2D eigenvalue weighted by atomic mass is 10.0. The van der Waals surface area contributed by atoms with Crippen molar-refractivity contribution in [3.63, 3.8) is 0 Å². The van der Waals surface area contributed by atoms with Crippen molar-refractivity contribution in [2.45, 2.75) is 20.3 Å². The molecule has 37 heavy (non-hydrogen) atoms. The van der Waals surface area contributed by atoms with Gasteiger partial charge >= 0.3 is 11.9 Å². The topological polar surface area (TPSA) is 109 Å². The third kappa shape index (κ3) is 6.33. The Bertz CT molecular complexity index is 1350. The number of fused-ring (bicyclic) bond motifs is 1. The van der Waals surface area contributed by atoms with Crippen LogP contribution in [0.2, 0.25) is 5.02 Å². The molecule has 0 bridgehead atoms. The summed E-state index contributed by atoms with van der Waals surface area (Å²) in [5.41, 5.74) is 2.67. The van der Waals surface area contributed by atoms with Crippen molar-refractivity contribution in [1.29, 1.82) is 0 Å². The van der Waals surface area contributed by atoms with Crippen molar-refractivity contribution < 1.29 is 38.1 Å². The minimum atomic E-state index is -0.721. The molecule has 0 aliphatic carbocycles. The standard InChI is InChI=1S/C26H24ClNO8S/c1-14-8-17(5-6-19(14)27)33-12-23(30)34-11-22(29)28-25-24(26(31)32-3)18(15(2)37-25)9-16-4-7-20-21(10-16)36-13-35-20/h4-8,10H,9,11-13H2,1-3H3,(H,28,29). The van der Waals surface area contributed by atoms with E-state index in [0.29, 0.717) is 33.7 Å². The van der Waals surface area contributed by atoms with Gasteiger partial charge in [0.15, 0.2) is 24.7 Å². The van der Waals surface area contributed by atoms with E-state index < -0.39 is 24.5 Å². The molecular formula is C26H24ClNO8S. The van der Waals surface area contributed by atoms with Gasteiger partial charge in [-0.05, 0) is 67.3 Å². The summed E-state index contributed by atoms with van der Waals surface area (Å²) in [5, 5.41) is 3.56. The molecule has 0 saturated carbocycles. The second-order valence-electron chi connectivity index (χ2n) is 8.11. The van der Waals surface area contributed by atoms with Gasteiger partial charge in [0.2, 0.25) is 6.79 Å². The van der Waals surface area contributed by atoms with E-state index in [1.165, 1.54) is 18.4 Å². The van der Waals surface area contributed by atoms with Crippen LogP contribution in [-0.2, 0) is 25.5 Å². The summed E-state index contributed by atoms with van der Waals surface area (Å²) in [4.78, 5) is 38.0. The van der Waals surface area contributed by atoms with Crippen LogP contribution in [0, 0.1) is 13.8 Å². The molecule has 2 aromatic carbocycles. The number of carbonyl (C=O) groups excluding carboxylic acids is 3. The maximum Gasteiger partial charge on any atom is 0.344 e. The van der Waals surface area contributed by atoms with Crippen molar-refractivity contribution in [2.75, 3.05) is 32.4 Å². The van der Waals surface area contributed by atoms with Crippen LogP contribution in [0.15, 0.2) is 36.4 Å². The Morgan fingerprint density at radius 3 is 2.59 bits per heavy atom. The van der Waals surface area contributed by atoms with E-state index in [2.05, 4.69) is 5.32 Å². The van der Waals surface area contributed by atoms with Crippen LogP contribution in [0.5, 0.6) is 17.2 Å². The zero-order valence-corrected chi connectivity index (χ0v) is 21.9. The Hall–Kier alpha value is -3.76. The fourth-order valence-electron chi connectivity index (χ4n) is 3.65. The highest BCUT2D eigenvalue weighted by Gasteiger charge is 2.25. The number of anilines is 1. The summed E-state index contributed by atoms with van der Waals surface area (Å²) >= 11 is 7.21. The third-order valence-electron chi connectivity index (χ3n) is 5.52. The quantitative estimate of drug-likeness (QED) is 0.386. The zero-order chi connectivity index (χ0) is 26.5. The zero-order valence-electron chi connectivity index (χ0n) is 20.3. The lowest BCUT2D eigenvalue weighted by Gasteiger charge is -2.10. The predicted octanol–water partition coefficient (Wildman–Crippen LogP) is 4.69. The van der Waals surface area contributed by atoms with Gasteiger partial charge in [-0.2, -0.15) is 0 Å². The summed E-state index contributed by atoms with van der Waals surface area (Å²) in [7, 11) is 1.27. The first-order valence-corrected chi connectivity index (χ1v) is 12.4. The van der Waals surface area contributed by atoms with Crippen molar-refractivity contribution in [2.24, 2.45) is 0 Å². The lowest BCUT2D eigenvalue weighted by molar-refractivity contribution is -0.149. The number of nitrogens with one attached hydrogen (secondary N) is 1.